The van der Waals surface area contributed by atoms with Gasteiger partial charge in [-0.1, -0.05) is 45.2 Å². The molecule has 1 fully saturated rings. The van der Waals surface area contributed by atoms with E-state index in [0.29, 0.717) is 11.8 Å². The van der Waals surface area contributed by atoms with Gasteiger partial charge in [-0.25, -0.2) is 9.18 Å². The quantitative estimate of drug-likeness (QED) is 0.601. The molecule has 1 amide bonds. The highest BCUT2D eigenvalue weighted by molar-refractivity contribution is 7.85. The van der Waals surface area contributed by atoms with Crippen LogP contribution in [0.15, 0.2) is 24.3 Å². The normalized spacial score (nSPS) is 19.9. The summed E-state index contributed by atoms with van der Waals surface area (Å²) < 4.78 is 44.8. The van der Waals surface area contributed by atoms with Crippen molar-refractivity contribution < 1.29 is 32.0 Å². The molecule has 1 heterocycles. The van der Waals surface area contributed by atoms with E-state index in [1.807, 2.05) is 6.92 Å². The van der Waals surface area contributed by atoms with Gasteiger partial charge in [0.05, 0.1) is 12.8 Å². The lowest BCUT2D eigenvalue weighted by Crippen LogP contribution is -2.48. The average molecular weight is 405 g/mol. The summed E-state index contributed by atoms with van der Waals surface area (Å²) in [6.07, 6.45) is 2.97. The maximum atomic E-state index is 13.6. The van der Waals surface area contributed by atoms with Gasteiger partial charge in [0.2, 0.25) is 0 Å². The van der Waals surface area contributed by atoms with Crippen molar-refractivity contribution in [1.82, 2.24) is 5.32 Å². The number of halogens is 1. The minimum absolute atomic E-state index is 0.105. The number of hydrogen-bond donors (Lipinski definition) is 3. The maximum Gasteiger partial charge on any atom is 0.407 e. The van der Waals surface area contributed by atoms with Gasteiger partial charge in [-0.05, 0) is 30.0 Å². The fraction of sp³-hybridized carbons (Fsp3) is 0.611. The number of amides is 1. The second-order valence-electron chi connectivity index (χ2n) is 6.59. The Hall–Kier alpha value is -1.71. The van der Waals surface area contributed by atoms with Gasteiger partial charge in [0.25, 0.3) is 10.1 Å². The number of carbonyl (C=O) groups is 1. The number of rotatable bonds is 7. The molecule has 9 heteroatoms. The molecule has 0 bridgehead atoms. The van der Waals surface area contributed by atoms with Gasteiger partial charge < -0.3 is 15.2 Å². The van der Waals surface area contributed by atoms with Gasteiger partial charge in [0, 0.05) is 0 Å². The molecule has 1 saturated heterocycles. The van der Waals surface area contributed by atoms with Crippen LogP contribution in [0.1, 0.15) is 45.1 Å². The Bertz CT molecular complexity index is 718. The molecular formula is C18H28FNO6S. The Morgan fingerprint density at radius 3 is 2.48 bits per heavy atom. The molecule has 0 saturated carbocycles. The number of unbranched alkanes of at least 4 members (excludes halogenated alkanes) is 1. The Labute approximate surface area is 159 Å². The van der Waals surface area contributed by atoms with Gasteiger partial charge in [-0.3, -0.25) is 4.55 Å². The second kappa shape index (κ2) is 10.0. The number of aliphatic hydroxyl groups is 1. The Kier molecular flexibility index (Phi) is 8.64. The highest BCUT2D eigenvalue weighted by Crippen LogP contribution is 2.40. The Balaban J connectivity index is 0.000000646. The van der Waals surface area contributed by atoms with Gasteiger partial charge in [0.15, 0.2) is 6.10 Å². The lowest BCUT2D eigenvalue weighted by molar-refractivity contribution is -0.111. The second-order valence-corrected chi connectivity index (χ2v) is 8.06. The summed E-state index contributed by atoms with van der Waals surface area (Å²) in [5, 5.41) is 14.0. The average Bonchev–Trinajstić information content (AvgIpc) is 3.00. The molecule has 1 aliphatic heterocycles. The maximum absolute atomic E-state index is 13.6. The molecule has 1 aliphatic rings. The molecule has 154 valence electrons. The SMILES string of the molecule is CCCCC(CC)C(O)(c1cccc(F)c1)C1CNC(=O)O1.CS(=O)(=O)O. The molecule has 1 aromatic carbocycles. The summed E-state index contributed by atoms with van der Waals surface area (Å²) in [5.41, 5.74) is -0.914. The van der Waals surface area contributed by atoms with Crippen LogP contribution in [0.25, 0.3) is 0 Å². The zero-order chi connectivity index (χ0) is 20.7. The predicted octanol–water partition coefficient (Wildman–Crippen LogP) is 2.84. The van der Waals surface area contributed by atoms with E-state index < -0.39 is 33.7 Å². The molecule has 0 spiro atoms. The van der Waals surface area contributed by atoms with Crippen LogP contribution in [0.3, 0.4) is 0 Å². The van der Waals surface area contributed by atoms with E-state index in [2.05, 4.69) is 12.2 Å². The van der Waals surface area contributed by atoms with Crippen molar-refractivity contribution in [2.24, 2.45) is 5.92 Å². The summed E-state index contributed by atoms with van der Waals surface area (Å²) in [5.74, 6) is -0.509. The van der Waals surface area contributed by atoms with Crippen molar-refractivity contribution in [3.63, 3.8) is 0 Å². The molecule has 3 unspecified atom stereocenters. The van der Waals surface area contributed by atoms with E-state index in [1.165, 1.54) is 12.1 Å². The highest BCUT2D eigenvalue weighted by atomic mass is 32.2. The molecule has 0 aliphatic carbocycles. The zero-order valence-electron chi connectivity index (χ0n) is 15.8. The van der Waals surface area contributed by atoms with Crippen molar-refractivity contribution in [3.05, 3.63) is 35.6 Å². The Morgan fingerprint density at radius 1 is 1.41 bits per heavy atom. The predicted molar refractivity (Wildman–Crippen MR) is 99.3 cm³/mol. The van der Waals surface area contributed by atoms with E-state index in [0.717, 1.165) is 25.7 Å². The number of alkyl carbamates (subject to hydrolysis) is 1. The fourth-order valence-corrected chi connectivity index (χ4v) is 3.24. The molecule has 3 atom stereocenters. The summed E-state index contributed by atoms with van der Waals surface area (Å²) in [6.45, 7) is 4.31. The van der Waals surface area contributed by atoms with Crippen molar-refractivity contribution in [2.45, 2.75) is 51.2 Å². The van der Waals surface area contributed by atoms with Gasteiger partial charge in [0.1, 0.15) is 11.4 Å². The smallest absolute Gasteiger partial charge is 0.407 e. The summed E-state index contributed by atoms with van der Waals surface area (Å²) in [4.78, 5) is 11.4. The molecule has 0 aromatic heterocycles. The number of cyclic esters (lactones) is 1. The molecule has 27 heavy (non-hydrogen) atoms. The minimum Gasteiger partial charge on any atom is -0.441 e. The van der Waals surface area contributed by atoms with Crippen LogP contribution in [0.2, 0.25) is 0 Å². The van der Waals surface area contributed by atoms with E-state index in [4.69, 9.17) is 9.29 Å². The molecule has 7 nitrogen and oxygen atoms in total. The molecular weight excluding hydrogens is 377 g/mol. The number of ether oxygens (including phenoxy) is 1. The molecule has 2 rings (SSSR count). The Morgan fingerprint density at radius 2 is 2.04 bits per heavy atom. The summed E-state index contributed by atoms with van der Waals surface area (Å²) in [7, 11) is -3.67. The summed E-state index contributed by atoms with van der Waals surface area (Å²) >= 11 is 0. The monoisotopic (exact) mass is 405 g/mol. The van der Waals surface area contributed by atoms with Crippen LogP contribution in [-0.2, 0) is 20.5 Å². The van der Waals surface area contributed by atoms with Crippen molar-refractivity contribution in [2.75, 3.05) is 12.8 Å². The fourth-order valence-electron chi connectivity index (χ4n) is 3.24. The number of benzene rings is 1. The molecule has 0 radical (unpaired) electrons. The van der Waals surface area contributed by atoms with Crippen LogP contribution in [-0.4, -0.2) is 43.1 Å². The van der Waals surface area contributed by atoms with E-state index >= 15 is 0 Å². The first-order valence-corrected chi connectivity index (χ1v) is 10.7. The third-order valence-corrected chi connectivity index (χ3v) is 4.48. The van der Waals surface area contributed by atoms with Crippen LogP contribution in [0, 0.1) is 11.7 Å². The van der Waals surface area contributed by atoms with Crippen molar-refractivity contribution in [3.8, 4) is 0 Å². The number of carbonyl (C=O) groups excluding carboxylic acids is 1. The van der Waals surface area contributed by atoms with Crippen LogP contribution >= 0.6 is 0 Å². The van der Waals surface area contributed by atoms with Gasteiger partial charge in [-0.2, -0.15) is 8.42 Å². The number of nitrogens with one attached hydrogen (secondary N) is 1. The molecule has 1 aromatic rings. The zero-order valence-corrected chi connectivity index (χ0v) is 16.6. The van der Waals surface area contributed by atoms with E-state index in [-0.39, 0.29) is 12.5 Å². The van der Waals surface area contributed by atoms with E-state index in [1.54, 1.807) is 12.1 Å². The lowest BCUT2D eigenvalue weighted by Gasteiger charge is -2.39. The summed E-state index contributed by atoms with van der Waals surface area (Å²) in [6, 6.07) is 5.95. The first-order valence-electron chi connectivity index (χ1n) is 8.87. The third-order valence-electron chi connectivity index (χ3n) is 4.48. The topological polar surface area (TPSA) is 113 Å². The minimum atomic E-state index is -3.67. The first kappa shape index (κ1) is 23.3. The van der Waals surface area contributed by atoms with Gasteiger partial charge >= 0.3 is 6.09 Å². The largest absolute Gasteiger partial charge is 0.441 e. The van der Waals surface area contributed by atoms with Crippen LogP contribution in [0.5, 0.6) is 0 Å². The molecule has 3 N–H and O–H groups in total. The van der Waals surface area contributed by atoms with Crippen molar-refractivity contribution >= 4 is 16.2 Å². The third kappa shape index (κ3) is 7.08. The van der Waals surface area contributed by atoms with Crippen LogP contribution < -0.4 is 5.32 Å². The lowest BCUT2D eigenvalue weighted by atomic mass is 9.73. The standard InChI is InChI=1S/C17H24FNO3.CH4O3S/c1-3-5-7-12(4-2)17(21,15-11-19-16(20)22-15)13-8-6-9-14(18)10-13;1-5(2,3)4/h6,8-10,12,15,21H,3-5,7,11H2,1-2H3,(H,19,20);1H3,(H,2,3,4). The van der Waals surface area contributed by atoms with Crippen LogP contribution in [0.4, 0.5) is 9.18 Å². The first-order chi connectivity index (χ1) is 12.5. The van der Waals surface area contributed by atoms with E-state index in [9.17, 15) is 22.7 Å². The highest BCUT2D eigenvalue weighted by Gasteiger charge is 2.49. The van der Waals surface area contributed by atoms with Crippen molar-refractivity contribution in [1.29, 1.82) is 0 Å². The number of hydrogen-bond acceptors (Lipinski definition) is 5. The van der Waals surface area contributed by atoms with Gasteiger partial charge in [-0.15, -0.1) is 0 Å².